The highest BCUT2D eigenvalue weighted by Gasteiger charge is 2.14. The summed E-state index contributed by atoms with van der Waals surface area (Å²) >= 11 is 1.49. The molecule has 3 nitrogen and oxygen atoms in total. The standard InChI is InChI=1S/C18H21NO2S/c1-13-6-4-5-7-15(13)12-19(3)18(21)11-9-16(20)17-10-8-14(2)22-17/h4-8,10H,9,11-12H2,1-3H3. The first-order valence-corrected chi connectivity index (χ1v) is 8.17. The van der Waals surface area contributed by atoms with Crippen molar-refractivity contribution in [3.8, 4) is 0 Å². The van der Waals surface area contributed by atoms with Gasteiger partial charge in [-0.25, -0.2) is 0 Å². The number of carbonyl (C=O) groups is 2. The minimum Gasteiger partial charge on any atom is -0.341 e. The number of ketones is 1. The van der Waals surface area contributed by atoms with E-state index in [-0.39, 0.29) is 24.5 Å². The fourth-order valence-electron chi connectivity index (χ4n) is 2.25. The molecule has 0 atom stereocenters. The maximum absolute atomic E-state index is 12.2. The lowest BCUT2D eigenvalue weighted by atomic mass is 10.1. The van der Waals surface area contributed by atoms with Crippen LogP contribution in [0.5, 0.6) is 0 Å². The molecule has 1 heterocycles. The summed E-state index contributed by atoms with van der Waals surface area (Å²) in [5.74, 6) is 0.0561. The molecule has 0 N–H and O–H groups in total. The molecule has 116 valence electrons. The van der Waals surface area contributed by atoms with Crippen LogP contribution in [0.15, 0.2) is 36.4 Å². The van der Waals surface area contributed by atoms with E-state index in [0.717, 1.165) is 15.3 Å². The molecule has 0 bridgehead atoms. The van der Waals surface area contributed by atoms with Gasteiger partial charge in [0.05, 0.1) is 4.88 Å². The van der Waals surface area contributed by atoms with E-state index in [1.807, 2.05) is 50.2 Å². The Labute approximate surface area is 135 Å². The fraction of sp³-hybridized carbons (Fsp3) is 0.333. The molecule has 0 aliphatic heterocycles. The lowest BCUT2D eigenvalue weighted by Gasteiger charge is -2.18. The van der Waals surface area contributed by atoms with E-state index in [1.54, 1.807) is 11.9 Å². The first kappa shape index (κ1) is 16.4. The molecule has 1 amide bonds. The molecule has 0 spiro atoms. The second kappa shape index (κ2) is 7.36. The van der Waals surface area contributed by atoms with Crippen LogP contribution in [0.1, 0.15) is 38.5 Å². The molecule has 2 rings (SSSR count). The molecule has 0 unspecified atom stereocenters. The average molecular weight is 315 g/mol. The van der Waals surface area contributed by atoms with E-state index >= 15 is 0 Å². The number of amides is 1. The van der Waals surface area contributed by atoms with Gasteiger partial charge in [0.25, 0.3) is 0 Å². The Kier molecular flexibility index (Phi) is 5.50. The molecular weight excluding hydrogens is 294 g/mol. The van der Waals surface area contributed by atoms with Crippen LogP contribution >= 0.6 is 11.3 Å². The van der Waals surface area contributed by atoms with Crippen molar-refractivity contribution in [3.05, 3.63) is 57.3 Å². The summed E-state index contributed by atoms with van der Waals surface area (Å²) in [4.78, 5) is 27.8. The highest BCUT2D eigenvalue weighted by atomic mass is 32.1. The third-order valence-electron chi connectivity index (χ3n) is 3.68. The number of benzene rings is 1. The highest BCUT2D eigenvalue weighted by Crippen LogP contribution is 2.18. The average Bonchev–Trinajstić information content (AvgIpc) is 2.93. The number of Topliss-reactive ketones (excluding diaryl/α,β-unsaturated/α-hetero) is 1. The fourth-order valence-corrected chi connectivity index (χ4v) is 3.09. The van der Waals surface area contributed by atoms with Gasteiger partial charge in [-0.05, 0) is 37.1 Å². The molecule has 1 aromatic carbocycles. The minimum absolute atomic E-state index is 0.00452. The summed E-state index contributed by atoms with van der Waals surface area (Å²) in [6.07, 6.45) is 0.537. The topological polar surface area (TPSA) is 37.4 Å². The molecular formula is C18H21NO2S. The van der Waals surface area contributed by atoms with Crippen LogP contribution in [0.25, 0.3) is 0 Å². The maximum atomic E-state index is 12.2. The number of nitrogens with zero attached hydrogens (tertiary/aromatic N) is 1. The van der Waals surface area contributed by atoms with Crippen LogP contribution in [-0.4, -0.2) is 23.6 Å². The monoisotopic (exact) mass is 315 g/mol. The largest absolute Gasteiger partial charge is 0.341 e. The van der Waals surface area contributed by atoms with Crippen molar-refractivity contribution >= 4 is 23.0 Å². The predicted molar refractivity (Wildman–Crippen MR) is 90.3 cm³/mol. The highest BCUT2D eigenvalue weighted by molar-refractivity contribution is 7.14. The SMILES string of the molecule is Cc1ccc(C(=O)CCC(=O)N(C)Cc2ccccc2C)s1. The Balaban J connectivity index is 1.86. The minimum atomic E-state index is 0.00452. The number of aryl methyl sites for hydroxylation is 2. The van der Waals surface area contributed by atoms with Gasteiger partial charge < -0.3 is 4.90 Å². The Morgan fingerprint density at radius 3 is 2.41 bits per heavy atom. The van der Waals surface area contributed by atoms with E-state index in [4.69, 9.17) is 0 Å². The zero-order valence-corrected chi connectivity index (χ0v) is 14.1. The smallest absolute Gasteiger partial charge is 0.223 e. The Bertz CT molecular complexity index is 675. The lowest BCUT2D eigenvalue weighted by Crippen LogP contribution is -2.26. The molecule has 0 radical (unpaired) electrons. The van der Waals surface area contributed by atoms with Gasteiger partial charge in [-0.2, -0.15) is 0 Å². The predicted octanol–water partition coefficient (Wildman–Crippen LogP) is 3.99. The third-order valence-corrected chi connectivity index (χ3v) is 4.72. The van der Waals surface area contributed by atoms with E-state index < -0.39 is 0 Å². The Morgan fingerprint density at radius 2 is 1.77 bits per heavy atom. The summed E-state index contributed by atoms with van der Waals surface area (Å²) in [7, 11) is 1.79. The molecule has 0 fully saturated rings. The van der Waals surface area contributed by atoms with Crippen molar-refractivity contribution in [2.45, 2.75) is 33.2 Å². The third kappa shape index (κ3) is 4.28. The first-order valence-electron chi connectivity index (χ1n) is 7.35. The summed E-state index contributed by atoms with van der Waals surface area (Å²) in [5, 5.41) is 0. The molecule has 0 saturated carbocycles. The molecule has 0 aliphatic carbocycles. The quantitative estimate of drug-likeness (QED) is 0.756. The van der Waals surface area contributed by atoms with Crippen molar-refractivity contribution < 1.29 is 9.59 Å². The number of carbonyl (C=O) groups excluding carboxylic acids is 2. The molecule has 4 heteroatoms. The van der Waals surface area contributed by atoms with E-state index in [0.29, 0.717) is 6.54 Å². The lowest BCUT2D eigenvalue weighted by molar-refractivity contribution is -0.130. The van der Waals surface area contributed by atoms with Gasteiger partial charge in [0.15, 0.2) is 5.78 Å². The number of hydrogen-bond donors (Lipinski definition) is 0. The van der Waals surface area contributed by atoms with Gasteiger partial charge in [0.2, 0.25) is 5.91 Å². The van der Waals surface area contributed by atoms with Crippen LogP contribution in [0.4, 0.5) is 0 Å². The summed E-state index contributed by atoms with van der Waals surface area (Å²) in [6.45, 7) is 4.59. The second-order valence-corrected chi connectivity index (χ2v) is 6.80. The normalized spacial score (nSPS) is 10.5. The van der Waals surface area contributed by atoms with E-state index in [2.05, 4.69) is 0 Å². The van der Waals surface area contributed by atoms with Crippen molar-refractivity contribution in [2.75, 3.05) is 7.05 Å². The summed E-state index contributed by atoms with van der Waals surface area (Å²) in [5.41, 5.74) is 2.31. The molecule has 0 aliphatic rings. The molecule has 0 saturated heterocycles. The van der Waals surface area contributed by atoms with Gasteiger partial charge >= 0.3 is 0 Å². The zero-order chi connectivity index (χ0) is 16.1. The Hall–Kier alpha value is -1.94. The molecule has 1 aromatic heterocycles. The van der Waals surface area contributed by atoms with E-state index in [1.165, 1.54) is 16.9 Å². The molecule has 22 heavy (non-hydrogen) atoms. The van der Waals surface area contributed by atoms with Crippen molar-refractivity contribution in [1.82, 2.24) is 4.90 Å². The van der Waals surface area contributed by atoms with Gasteiger partial charge in [0.1, 0.15) is 0 Å². The van der Waals surface area contributed by atoms with Gasteiger partial charge in [-0.1, -0.05) is 24.3 Å². The van der Waals surface area contributed by atoms with Crippen LogP contribution in [0.2, 0.25) is 0 Å². The molecule has 2 aromatic rings. The number of hydrogen-bond acceptors (Lipinski definition) is 3. The van der Waals surface area contributed by atoms with E-state index in [9.17, 15) is 9.59 Å². The van der Waals surface area contributed by atoms with Gasteiger partial charge in [0, 0.05) is 31.3 Å². The van der Waals surface area contributed by atoms with Crippen molar-refractivity contribution in [3.63, 3.8) is 0 Å². The maximum Gasteiger partial charge on any atom is 0.223 e. The second-order valence-electron chi connectivity index (χ2n) is 5.51. The summed E-state index contributed by atoms with van der Waals surface area (Å²) in [6, 6.07) is 11.8. The van der Waals surface area contributed by atoms with Gasteiger partial charge in [-0.3, -0.25) is 9.59 Å². The van der Waals surface area contributed by atoms with Crippen molar-refractivity contribution in [2.24, 2.45) is 0 Å². The zero-order valence-electron chi connectivity index (χ0n) is 13.3. The van der Waals surface area contributed by atoms with Crippen LogP contribution in [-0.2, 0) is 11.3 Å². The first-order chi connectivity index (χ1) is 10.5. The van der Waals surface area contributed by atoms with Crippen LogP contribution < -0.4 is 0 Å². The van der Waals surface area contributed by atoms with Crippen LogP contribution in [0.3, 0.4) is 0 Å². The number of thiophene rings is 1. The van der Waals surface area contributed by atoms with Gasteiger partial charge in [-0.15, -0.1) is 11.3 Å². The van der Waals surface area contributed by atoms with Crippen molar-refractivity contribution in [1.29, 1.82) is 0 Å². The summed E-state index contributed by atoms with van der Waals surface area (Å²) < 4.78 is 0. The van der Waals surface area contributed by atoms with Crippen LogP contribution in [0, 0.1) is 13.8 Å². The number of rotatable bonds is 6. The Morgan fingerprint density at radius 1 is 1.05 bits per heavy atom.